The predicted octanol–water partition coefficient (Wildman–Crippen LogP) is 2.97. The van der Waals surface area contributed by atoms with E-state index in [4.69, 9.17) is 0 Å². The maximum atomic E-state index is 11.9. The van der Waals surface area contributed by atoms with E-state index in [1.54, 1.807) is 0 Å². The Bertz CT molecular complexity index is 390. The van der Waals surface area contributed by atoms with E-state index in [-0.39, 0.29) is 11.4 Å². The van der Waals surface area contributed by atoms with Gasteiger partial charge in [-0.15, -0.1) is 12.6 Å². The van der Waals surface area contributed by atoms with Crippen LogP contribution in [0.1, 0.15) is 38.2 Å². The highest BCUT2D eigenvalue weighted by Gasteiger charge is 2.36. The molecule has 92 valence electrons. The number of nitrogens with one attached hydrogen (secondary N) is 1. The van der Waals surface area contributed by atoms with Crippen molar-refractivity contribution in [2.24, 2.45) is 0 Å². The van der Waals surface area contributed by atoms with Gasteiger partial charge in [-0.25, -0.2) is 0 Å². The van der Waals surface area contributed by atoms with E-state index in [0.29, 0.717) is 6.42 Å². The second-order valence-corrected chi connectivity index (χ2v) is 5.40. The molecule has 1 aliphatic rings. The topological polar surface area (TPSA) is 29.1 Å². The Balaban J connectivity index is 1.91. The maximum absolute atomic E-state index is 11.9. The summed E-state index contributed by atoms with van der Waals surface area (Å²) in [6.45, 7) is 2.15. The summed E-state index contributed by atoms with van der Waals surface area (Å²) in [7, 11) is 0. The number of hydrogen-bond donors (Lipinski definition) is 2. The molecule has 3 heteroatoms. The highest BCUT2D eigenvalue weighted by atomic mass is 32.1. The third-order valence-corrected chi connectivity index (χ3v) is 3.99. The Labute approximate surface area is 108 Å². The molecule has 0 unspecified atom stereocenters. The number of amides is 1. The molecule has 0 bridgehead atoms. The summed E-state index contributed by atoms with van der Waals surface area (Å²) < 4.78 is 0. The van der Waals surface area contributed by atoms with Gasteiger partial charge in [-0.2, -0.15) is 0 Å². The van der Waals surface area contributed by atoms with Crippen molar-refractivity contribution in [2.45, 2.75) is 49.5 Å². The van der Waals surface area contributed by atoms with Crippen LogP contribution >= 0.6 is 12.6 Å². The van der Waals surface area contributed by atoms with Gasteiger partial charge in [0.15, 0.2) is 0 Å². The van der Waals surface area contributed by atoms with Gasteiger partial charge < -0.3 is 5.32 Å². The summed E-state index contributed by atoms with van der Waals surface area (Å²) in [5.74, 6) is 0.137. The zero-order valence-corrected chi connectivity index (χ0v) is 11.1. The van der Waals surface area contributed by atoms with Crippen LogP contribution in [0.25, 0.3) is 0 Å². The van der Waals surface area contributed by atoms with Gasteiger partial charge >= 0.3 is 0 Å². The Morgan fingerprint density at radius 2 is 2.00 bits per heavy atom. The van der Waals surface area contributed by atoms with Crippen LogP contribution in [-0.4, -0.2) is 11.4 Å². The van der Waals surface area contributed by atoms with Gasteiger partial charge in [0.25, 0.3) is 0 Å². The third kappa shape index (κ3) is 3.03. The Hall–Kier alpha value is -0.960. The van der Waals surface area contributed by atoms with Gasteiger partial charge in [-0.1, -0.05) is 19.1 Å². The van der Waals surface area contributed by atoms with Crippen LogP contribution in [0.5, 0.6) is 0 Å². The summed E-state index contributed by atoms with van der Waals surface area (Å²) in [5.41, 5.74) is 1.14. The molecule has 0 heterocycles. The van der Waals surface area contributed by atoms with E-state index >= 15 is 0 Å². The molecule has 2 rings (SSSR count). The summed E-state index contributed by atoms with van der Waals surface area (Å²) in [4.78, 5) is 12.9. The molecule has 0 aromatic heterocycles. The van der Waals surface area contributed by atoms with Gasteiger partial charge in [0.1, 0.15) is 0 Å². The molecule has 1 aromatic rings. The van der Waals surface area contributed by atoms with E-state index in [1.165, 1.54) is 6.42 Å². The third-order valence-electron chi connectivity index (χ3n) is 3.69. The van der Waals surface area contributed by atoms with Crippen molar-refractivity contribution in [3.63, 3.8) is 0 Å². The quantitative estimate of drug-likeness (QED) is 0.789. The molecule has 0 saturated heterocycles. The Morgan fingerprint density at radius 3 is 2.47 bits per heavy atom. The van der Waals surface area contributed by atoms with Crippen LogP contribution in [0, 0.1) is 0 Å². The molecule has 1 aromatic carbocycles. The van der Waals surface area contributed by atoms with Crippen molar-refractivity contribution in [1.29, 1.82) is 0 Å². The van der Waals surface area contributed by atoms with Crippen LogP contribution in [0.15, 0.2) is 29.2 Å². The molecule has 0 spiro atoms. The Morgan fingerprint density at radius 1 is 1.35 bits per heavy atom. The lowest BCUT2D eigenvalue weighted by molar-refractivity contribution is -0.123. The molecule has 2 nitrogen and oxygen atoms in total. The predicted molar refractivity (Wildman–Crippen MR) is 72.4 cm³/mol. The van der Waals surface area contributed by atoms with Crippen molar-refractivity contribution in [3.8, 4) is 0 Å². The second-order valence-electron chi connectivity index (χ2n) is 4.88. The monoisotopic (exact) mass is 249 g/mol. The minimum Gasteiger partial charge on any atom is -0.350 e. The lowest BCUT2D eigenvalue weighted by Crippen LogP contribution is -2.53. The number of benzene rings is 1. The average molecular weight is 249 g/mol. The van der Waals surface area contributed by atoms with Crippen LogP contribution in [0.2, 0.25) is 0 Å². The summed E-state index contributed by atoms with van der Waals surface area (Å²) >= 11 is 4.23. The molecule has 0 radical (unpaired) electrons. The molecule has 1 amide bonds. The first kappa shape index (κ1) is 12.5. The first-order chi connectivity index (χ1) is 8.13. The number of carbonyl (C=O) groups is 1. The second kappa shape index (κ2) is 5.13. The summed E-state index contributed by atoms with van der Waals surface area (Å²) in [6, 6.07) is 7.76. The van der Waals surface area contributed by atoms with E-state index in [1.807, 2.05) is 24.3 Å². The molecule has 1 aliphatic carbocycles. The van der Waals surface area contributed by atoms with Crippen LogP contribution in [-0.2, 0) is 11.2 Å². The minimum absolute atomic E-state index is 0.0978. The smallest absolute Gasteiger partial charge is 0.224 e. The zero-order valence-electron chi connectivity index (χ0n) is 10.2. The Kier molecular flexibility index (Phi) is 3.77. The highest BCUT2D eigenvalue weighted by Crippen LogP contribution is 2.34. The molecule has 0 aliphatic heterocycles. The van der Waals surface area contributed by atoms with Gasteiger partial charge in [-0.05, 0) is 43.4 Å². The van der Waals surface area contributed by atoms with Crippen molar-refractivity contribution in [2.75, 3.05) is 0 Å². The highest BCUT2D eigenvalue weighted by molar-refractivity contribution is 7.80. The van der Waals surface area contributed by atoms with Crippen molar-refractivity contribution < 1.29 is 4.79 Å². The van der Waals surface area contributed by atoms with Crippen LogP contribution < -0.4 is 5.32 Å². The van der Waals surface area contributed by atoms with E-state index in [9.17, 15) is 4.79 Å². The molecular formula is C14H19NOS. The fourth-order valence-electron chi connectivity index (χ4n) is 2.31. The van der Waals surface area contributed by atoms with Crippen molar-refractivity contribution in [1.82, 2.24) is 5.32 Å². The van der Waals surface area contributed by atoms with Crippen molar-refractivity contribution >= 4 is 18.5 Å². The first-order valence-corrected chi connectivity index (χ1v) is 6.67. The van der Waals surface area contributed by atoms with Crippen LogP contribution in [0.3, 0.4) is 0 Å². The number of thiol groups is 1. The maximum Gasteiger partial charge on any atom is 0.224 e. The minimum atomic E-state index is 0.0978. The SMILES string of the molecule is CCC1(NC(=O)Cc2ccc(S)cc2)CCC1. The zero-order chi connectivity index (χ0) is 12.3. The van der Waals surface area contributed by atoms with E-state index in [0.717, 1.165) is 29.7 Å². The molecule has 1 fully saturated rings. The fourth-order valence-corrected chi connectivity index (χ4v) is 2.46. The molecule has 1 N–H and O–H groups in total. The van der Waals surface area contributed by atoms with Crippen LogP contribution in [0.4, 0.5) is 0 Å². The lowest BCUT2D eigenvalue weighted by Gasteiger charge is -2.42. The van der Waals surface area contributed by atoms with E-state index in [2.05, 4.69) is 24.9 Å². The normalized spacial score (nSPS) is 17.3. The van der Waals surface area contributed by atoms with Gasteiger partial charge in [0.2, 0.25) is 5.91 Å². The molecule has 0 atom stereocenters. The molecule has 1 saturated carbocycles. The van der Waals surface area contributed by atoms with Gasteiger partial charge in [-0.3, -0.25) is 4.79 Å². The summed E-state index contributed by atoms with van der Waals surface area (Å²) in [6.07, 6.45) is 5.00. The molecular weight excluding hydrogens is 230 g/mol. The van der Waals surface area contributed by atoms with Gasteiger partial charge in [0.05, 0.1) is 6.42 Å². The standard InChI is InChI=1S/C14H19NOS/c1-2-14(8-3-9-14)15-13(16)10-11-4-6-12(17)7-5-11/h4-7,17H,2-3,8-10H2,1H3,(H,15,16). The number of carbonyl (C=O) groups excluding carboxylic acids is 1. The fraction of sp³-hybridized carbons (Fsp3) is 0.500. The average Bonchev–Trinajstić information content (AvgIpc) is 2.27. The van der Waals surface area contributed by atoms with E-state index < -0.39 is 0 Å². The first-order valence-electron chi connectivity index (χ1n) is 6.22. The van der Waals surface area contributed by atoms with Crippen molar-refractivity contribution in [3.05, 3.63) is 29.8 Å². The lowest BCUT2D eigenvalue weighted by atomic mass is 9.75. The largest absolute Gasteiger partial charge is 0.350 e. The van der Waals surface area contributed by atoms with Gasteiger partial charge in [0, 0.05) is 10.4 Å². The number of rotatable bonds is 4. The molecule has 17 heavy (non-hydrogen) atoms. The summed E-state index contributed by atoms with van der Waals surface area (Å²) in [5, 5.41) is 3.18. The number of hydrogen-bond acceptors (Lipinski definition) is 2.